The summed E-state index contributed by atoms with van der Waals surface area (Å²) in [4.78, 5) is -0.296. The molecule has 35 heavy (non-hydrogen) atoms. The van der Waals surface area contributed by atoms with Crippen LogP contribution in [0.3, 0.4) is 0 Å². The molecule has 0 amide bonds. The summed E-state index contributed by atoms with van der Waals surface area (Å²) in [6, 6.07) is 33.1. The summed E-state index contributed by atoms with van der Waals surface area (Å²) in [5, 5.41) is 2.85. The van der Waals surface area contributed by atoms with Crippen LogP contribution in [0.5, 0.6) is 11.5 Å². The summed E-state index contributed by atoms with van der Waals surface area (Å²) in [6.45, 7) is 0. The van der Waals surface area contributed by atoms with Gasteiger partial charge in [0.1, 0.15) is 21.6 Å². The third-order valence-electron chi connectivity index (χ3n) is 5.28. The largest absolute Gasteiger partial charge is 0.744 e. The Kier molecular flexibility index (Phi) is 7.90. The second-order valence-electron chi connectivity index (χ2n) is 7.46. The molecule has 0 unspecified atom stereocenters. The van der Waals surface area contributed by atoms with Crippen molar-refractivity contribution in [2.24, 2.45) is 0 Å². The minimum absolute atomic E-state index is 0.0287. The highest BCUT2D eigenvalue weighted by Gasteiger charge is 2.16. The van der Waals surface area contributed by atoms with Gasteiger partial charge in [0.15, 0.2) is 7.14 Å². The fourth-order valence-electron chi connectivity index (χ4n) is 3.76. The first-order valence-corrected chi connectivity index (χ1v) is 14.3. The Hall–Kier alpha value is -3.14. The molecule has 5 nitrogen and oxygen atoms in total. The van der Waals surface area contributed by atoms with Gasteiger partial charge in [0.25, 0.3) is 0 Å². The van der Waals surface area contributed by atoms with Crippen molar-refractivity contribution < 1.29 is 43.6 Å². The standard InChI is InChI=1S/C16H14O5S.C12H10I/c1-20-15-11-5-3-4-6-12(11)16(21-2)14-9-10(22(17,18)19)7-8-13(14)15;1-3-7-11(8-4-1)13-12-9-5-2-6-10-12/h3-9H,1-2H3,(H,17,18,19);1-10H/q;+1/p-1. The first-order valence-electron chi connectivity index (χ1n) is 10.7. The molecule has 5 aromatic carbocycles. The molecular formula is C28H23IO5S. The second-order valence-corrected chi connectivity index (χ2v) is 11.9. The van der Waals surface area contributed by atoms with E-state index in [1.165, 1.54) is 26.4 Å². The molecule has 0 saturated heterocycles. The summed E-state index contributed by atoms with van der Waals surface area (Å²) in [5.41, 5.74) is 0. The van der Waals surface area contributed by atoms with E-state index in [0.717, 1.165) is 10.8 Å². The Morgan fingerprint density at radius 2 is 1.03 bits per heavy atom. The number of methoxy groups -OCH3 is 2. The molecule has 0 bridgehead atoms. The number of halogens is 1. The third kappa shape index (κ3) is 5.75. The van der Waals surface area contributed by atoms with Crippen molar-refractivity contribution in [2.45, 2.75) is 4.90 Å². The average Bonchev–Trinajstić information content (AvgIpc) is 2.88. The lowest BCUT2D eigenvalue weighted by Gasteiger charge is -2.16. The molecule has 0 aliphatic heterocycles. The summed E-state index contributed by atoms with van der Waals surface area (Å²) in [5.74, 6) is 1.12. The van der Waals surface area contributed by atoms with Crippen molar-refractivity contribution in [3.8, 4) is 11.5 Å². The van der Waals surface area contributed by atoms with Crippen LogP contribution >= 0.6 is 0 Å². The second kappa shape index (κ2) is 11.1. The first kappa shape index (κ1) is 25.0. The van der Waals surface area contributed by atoms with Crippen molar-refractivity contribution in [3.63, 3.8) is 0 Å². The highest BCUT2D eigenvalue weighted by molar-refractivity contribution is 7.85. The molecule has 0 saturated carbocycles. The number of ether oxygens (including phenoxy) is 2. The maximum absolute atomic E-state index is 11.3. The maximum Gasteiger partial charge on any atom is 0.357 e. The van der Waals surface area contributed by atoms with Gasteiger partial charge in [-0.1, -0.05) is 60.7 Å². The van der Waals surface area contributed by atoms with E-state index in [0.29, 0.717) is 22.3 Å². The molecule has 178 valence electrons. The molecule has 0 aromatic heterocycles. The van der Waals surface area contributed by atoms with E-state index in [9.17, 15) is 13.0 Å². The minimum Gasteiger partial charge on any atom is -0.744 e. The van der Waals surface area contributed by atoms with Crippen molar-refractivity contribution >= 4 is 31.7 Å². The lowest BCUT2D eigenvalue weighted by Crippen LogP contribution is -3.61. The van der Waals surface area contributed by atoms with E-state index in [1.54, 1.807) is 13.2 Å². The van der Waals surface area contributed by atoms with Crippen LogP contribution in [-0.4, -0.2) is 27.2 Å². The lowest BCUT2D eigenvalue weighted by molar-refractivity contribution is -0.597. The zero-order chi connectivity index (χ0) is 24.8. The maximum atomic E-state index is 11.3. The lowest BCUT2D eigenvalue weighted by atomic mass is 10.0. The topological polar surface area (TPSA) is 75.7 Å². The van der Waals surface area contributed by atoms with E-state index < -0.39 is 10.1 Å². The van der Waals surface area contributed by atoms with Crippen LogP contribution in [0, 0.1) is 7.14 Å². The highest BCUT2D eigenvalue weighted by Crippen LogP contribution is 2.43. The number of hydrogen-bond donors (Lipinski definition) is 0. The third-order valence-corrected chi connectivity index (χ3v) is 8.79. The van der Waals surface area contributed by atoms with E-state index in [1.807, 2.05) is 24.3 Å². The molecule has 7 heteroatoms. The normalized spacial score (nSPS) is 11.1. The molecular weight excluding hydrogens is 575 g/mol. The summed E-state index contributed by atoms with van der Waals surface area (Å²) in [6.07, 6.45) is 0. The van der Waals surface area contributed by atoms with Crippen molar-refractivity contribution in [2.75, 3.05) is 14.2 Å². The van der Waals surface area contributed by atoms with Gasteiger partial charge in [-0.05, 0) is 42.5 Å². The fraction of sp³-hybridized carbons (Fsp3) is 0.0714. The molecule has 0 atom stereocenters. The van der Waals surface area contributed by atoms with Gasteiger partial charge in [0.2, 0.25) is 0 Å². The Labute approximate surface area is 215 Å². The van der Waals surface area contributed by atoms with Crippen LogP contribution in [-0.2, 0) is 10.1 Å². The van der Waals surface area contributed by atoms with Gasteiger partial charge in [-0.25, -0.2) is 8.42 Å². The number of fused-ring (bicyclic) bond motifs is 2. The quantitative estimate of drug-likeness (QED) is 0.177. The van der Waals surface area contributed by atoms with Gasteiger partial charge >= 0.3 is 21.2 Å². The fourth-order valence-corrected chi connectivity index (χ4v) is 6.52. The van der Waals surface area contributed by atoms with Crippen LogP contribution in [0.2, 0.25) is 0 Å². The molecule has 5 aromatic rings. The Morgan fingerprint density at radius 1 is 0.600 bits per heavy atom. The van der Waals surface area contributed by atoms with Crippen LogP contribution in [0.1, 0.15) is 0 Å². The molecule has 0 aliphatic carbocycles. The van der Waals surface area contributed by atoms with Crippen molar-refractivity contribution in [1.29, 1.82) is 0 Å². The summed E-state index contributed by atoms with van der Waals surface area (Å²) < 4.78 is 47.7. The molecule has 0 N–H and O–H groups in total. The van der Waals surface area contributed by atoms with Gasteiger partial charge in [0.05, 0.1) is 19.1 Å². The SMILES string of the molecule is COc1c2ccccc2c(OC)c2cc(S(=O)(=O)[O-])ccc12.c1ccc([I+]c2ccccc2)cc1. The summed E-state index contributed by atoms with van der Waals surface area (Å²) in [7, 11) is -1.48. The molecule has 5 rings (SSSR count). The van der Waals surface area contributed by atoms with Crippen molar-refractivity contribution in [1.82, 2.24) is 0 Å². The predicted octanol–water partition coefficient (Wildman–Crippen LogP) is 2.73. The minimum atomic E-state index is -4.54. The zero-order valence-corrected chi connectivity index (χ0v) is 22.1. The van der Waals surface area contributed by atoms with E-state index in [2.05, 4.69) is 60.7 Å². The first-order chi connectivity index (χ1) is 16.9. The van der Waals surface area contributed by atoms with Gasteiger partial charge in [-0.3, -0.25) is 0 Å². The van der Waals surface area contributed by atoms with Crippen LogP contribution in [0.15, 0.2) is 108 Å². The average molecular weight is 598 g/mol. The number of benzene rings is 5. The van der Waals surface area contributed by atoms with Gasteiger partial charge in [-0.15, -0.1) is 0 Å². The van der Waals surface area contributed by atoms with Crippen LogP contribution < -0.4 is 30.7 Å². The Morgan fingerprint density at radius 3 is 1.49 bits per heavy atom. The van der Waals surface area contributed by atoms with Crippen LogP contribution in [0.4, 0.5) is 0 Å². The Bertz CT molecular complexity index is 1520. The molecule has 0 fully saturated rings. The van der Waals surface area contributed by atoms with Gasteiger partial charge < -0.3 is 14.0 Å². The Balaban J connectivity index is 0.000000189. The number of rotatable bonds is 5. The zero-order valence-electron chi connectivity index (χ0n) is 19.1. The van der Waals surface area contributed by atoms with E-state index in [-0.39, 0.29) is 26.1 Å². The van der Waals surface area contributed by atoms with E-state index in [4.69, 9.17) is 9.47 Å². The molecule has 0 radical (unpaired) electrons. The monoisotopic (exact) mass is 598 g/mol. The molecule has 0 aliphatic rings. The van der Waals surface area contributed by atoms with E-state index >= 15 is 0 Å². The molecule has 0 spiro atoms. The highest BCUT2D eigenvalue weighted by atomic mass is 127. The number of hydrogen-bond acceptors (Lipinski definition) is 5. The van der Waals surface area contributed by atoms with Gasteiger partial charge in [-0.2, -0.15) is 0 Å². The predicted molar refractivity (Wildman–Crippen MR) is 133 cm³/mol. The molecule has 0 heterocycles. The summed E-state index contributed by atoms with van der Waals surface area (Å²) >= 11 is 0.0287. The van der Waals surface area contributed by atoms with Gasteiger partial charge in [0, 0.05) is 21.5 Å². The smallest absolute Gasteiger partial charge is 0.357 e. The van der Waals surface area contributed by atoms with Crippen LogP contribution in [0.25, 0.3) is 21.5 Å². The van der Waals surface area contributed by atoms with Crippen molar-refractivity contribution in [3.05, 3.63) is 110 Å².